The van der Waals surface area contributed by atoms with Crippen LogP contribution in [0.1, 0.15) is 34.6 Å². The van der Waals surface area contributed by atoms with E-state index in [9.17, 15) is 9.59 Å². The first-order valence-corrected chi connectivity index (χ1v) is 7.51. The standard InChI is InChI=1S/C20H17NO3/c1-11(2)19(22)13-9-16-18(10-14(13)20(23)12(3)4)24-17-8-6-5-7-15(17)21-16/h5-10,21H,1,3H2,2,4H3. The van der Waals surface area contributed by atoms with E-state index in [4.69, 9.17) is 4.74 Å². The lowest BCUT2D eigenvalue weighted by molar-refractivity contribution is 0.0999. The predicted molar refractivity (Wildman–Crippen MR) is 94.5 cm³/mol. The number of allylic oxidation sites excluding steroid dienone is 2. The maximum Gasteiger partial charge on any atom is 0.189 e. The van der Waals surface area contributed by atoms with Crippen molar-refractivity contribution in [2.75, 3.05) is 5.32 Å². The Morgan fingerprint density at radius 1 is 0.875 bits per heavy atom. The third kappa shape index (κ3) is 2.63. The number of carbonyl (C=O) groups is 2. The van der Waals surface area contributed by atoms with Gasteiger partial charge >= 0.3 is 0 Å². The van der Waals surface area contributed by atoms with Crippen LogP contribution in [0.15, 0.2) is 60.7 Å². The third-order valence-corrected chi connectivity index (χ3v) is 3.76. The van der Waals surface area contributed by atoms with Crippen LogP contribution in [0, 0.1) is 0 Å². The van der Waals surface area contributed by atoms with Gasteiger partial charge in [0, 0.05) is 11.1 Å². The molecule has 1 aliphatic rings. The first kappa shape index (κ1) is 15.7. The van der Waals surface area contributed by atoms with Gasteiger partial charge in [-0.05, 0) is 49.3 Å². The largest absolute Gasteiger partial charge is 0.453 e. The van der Waals surface area contributed by atoms with Crippen LogP contribution in [0.5, 0.6) is 11.5 Å². The maximum absolute atomic E-state index is 12.5. The molecule has 0 amide bonds. The molecule has 3 rings (SSSR count). The Morgan fingerprint density at radius 2 is 1.46 bits per heavy atom. The summed E-state index contributed by atoms with van der Waals surface area (Å²) in [7, 11) is 0. The van der Waals surface area contributed by atoms with E-state index in [1.54, 1.807) is 26.0 Å². The van der Waals surface area contributed by atoms with Crippen LogP contribution >= 0.6 is 0 Å². The normalized spacial score (nSPS) is 11.4. The van der Waals surface area contributed by atoms with E-state index in [1.165, 1.54) is 0 Å². The number of nitrogens with one attached hydrogen (secondary N) is 1. The summed E-state index contributed by atoms with van der Waals surface area (Å²) in [6, 6.07) is 10.7. The monoisotopic (exact) mass is 319 g/mol. The minimum Gasteiger partial charge on any atom is -0.453 e. The molecule has 1 heterocycles. The molecular formula is C20H17NO3. The van der Waals surface area contributed by atoms with E-state index >= 15 is 0 Å². The van der Waals surface area contributed by atoms with Crippen LogP contribution in [-0.2, 0) is 0 Å². The molecule has 0 fully saturated rings. The highest BCUT2D eigenvalue weighted by Crippen LogP contribution is 2.43. The average Bonchev–Trinajstić information content (AvgIpc) is 2.57. The molecular weight excluding hydrogens is 302 g/mol. The van der Waals surface area contributed by atoms with Gasteiger partial charge in [0.1, 0.15) is 0 Å². The van der Waals surface area contributed by atoms with Crippen LogP contribution in [-0.4, -0.2) is 11.6 Å². The summed E-state index contributed by atoms with van der Waals surface area (Å²) in [6.45, 7) is 10.6. The van der Waals surface area contributed by atoms with Crippen molar-refractivity contribution >= 4 is 22.9 Å². The molecule has 0 unspecified atom stereocenters. The number of hydrogen-bond acceptors (Lipinski definition) is 4. The van der Waals surface area contributed by atoms with Crippen molar-refractivity contribution in [3.63, 3.8) is 0 Å². The molecule has 0 saturated heterocycles. The van der Waals surface area contributed by atoms with E-state index in [0.717, 1.165) is 5.69 Å². The Labute approximate surface area is 140 Å². The second kappa shape index (κ2) is 5.81. The van der Waals surface area contributed by atoms with Crippen molar-refractivity contribution in [2.24, 2.45) is 0 Å². The predicted octanol–water partition coefficient (Wildman–Crippen LogP) is 5.05. The van der Waals surface area contributed by atoms with Crippen molar-refractivity contribution in [1.82, 2.24) is 0 Å². The van der Waals surface area contributed by atoms with Gasteiger partial charge in [0.15, 0.2) is 23.1 Å². The SMILES string of the molecule is C=C(C)C(=O)c1cc2c(cc1C(=O)C(=C)C)Oc1ccccc1N2. The van der Waals surface area contributed by atoms with Crippen LogP contribution < -0.4 is 10.1 Å². The second-order valence-electron chi connectivity index (χ2n) is 5.84. The molecule has 0 atom stereocenters. The quantitative estimate of drug-likeness (QED) is 0.540. The van der Waals surface area contributed by atoms with Gasteiger partial charge in [0.2, 0.25) is 0 Å². The van der Waals surface area contributed by atoms with Crippen LogP contribution in [0.25, 0.3) is 0 Å². The summed E-state index contributed by atoms with van der Waals surface area (Å²) < 4.78 is 5.87. The Balaban J connectivity index is 2.17. The first-order valence-electron chi connectivity index (χ1n) is 7.51. The zero-order valence-electron chi connectivity index (χ0n) is 13.6. The van der Waals surface area contributed by atoms with Crippen molar-refractivity contribution in [3.8, 4) is 11.5 Å². The first-order chi connectivity index (χ1) is 11.4. The van der Waals surface area contributed by atoms with E-state index in [2.05, 4.69) is 18.5 Å². The zero-order valence-corrected chi connectivity index (χ0v) is 13.6. The third-order valence-electron chi connectivity index (χ3n) is 3.76. The van der Waals surface area contributed by atoms with Crippen molar-refractivity contribution in [1.29, 1.82) is 0 Å². The Kier molecular flexibility index (Phi) is 3.81. The fraction of sp³-hybridized carbons (Fsp3) is 0.100. The summed E-state index contributed by atoms with van der Waals surface area (Å²) in [4.78, 5) is 24.9. The molecule has 24 heavy (non-hydrogen) atoms. The molecule has 1 N–H and O–H groups in total. The van der Waals surface area contributed by atoms with Crippen molar-refractivity contribution in [3.05, 3.63) is 71.8 Å². The molecule has 120 valence electrons. The highest BCUT2D eigenvalue weighted by Gasteiger charge is 2.24. The summed E-state index contributed by atoms with van der Waals surface area (Å²) in [5.41, 5.74) is 2.73. The second-order valence-corrected chi connectivity index (χ2v) is 5.84. The highest BCUT2D eigenvalue weighted by molar-refractivity contribution is 6.19. The molecule has 0 bridgehead atoms. The van der Waals surface area contributed by atoms with Gasteiger partial charge < -0.3 is 10.1 Å². The molecule has 0 spiro atoms. The zero-order chi connectivity index (χ0) is 17.4. The minimum atomic E-state index is -0.287. The molecule has 2 aromatic carbocycles. The molecule has 0 aromatic heterocycles. The van der Waals surface area contributed by atoms with E-state index in [1.807, 2.05) is 24.3 Å². The minimum absolute atomic E-state index is 0.274. The lowest BCUT2D eigenvalue weighted by Crippen LogP contribution is -2.13. The van der Waals surface area contributed by atoms with Crippen LogP contribution in [0.2, 0.25) is 0 Å². The van der Waals surface area contributed by atoms with Crippen molar-refractivity contribution in [2.45, 2.75) is 13.8 Å². The van der Waals surface area contributed by atoms with Gasteiger partial charge in [-0.15, -0.1) is 0 Å². The fourth-order valence-electron chi connectivity index (χ4n) is 2.52. The topological polar surface area (TPSA) is 55.4 Å². The van der Waals surface area contributed by atoms with Crippen LogP contribution in [0.4, 0.5) is 11.4 Å². The van der Waals surface area contributed by atoms with E-state index in [-0.39, 0.29) is 17.1 Å². The average molecular weight is 319 g/mol. The number of para-hydroxylation sites is 2. The van der Waals surface area contributed by atoms with E-state index in [0.29, 0.717) is 33.9 Å². The molecule has 4 heteroatoms. The molecule has 4 nitrogen and oxygen atoms in total. The lowest BCUT2D eigenvalue weighted by Gasteiger charge is -2.23. The summed E-state index contributed by atoms with van der Waals surface area (Å²) in [6.07, 6.45) is 0. The molecule has 0 radical (unpaired) electrons. The number of hydrogen-bond donors (Lipinski definition) is 1. The van der Waals surface area contributed by atoms with Crippen LogP contribution in [0.3, 0.4) is 0 Å². The summed E-state index contributed by atoms with van der Waals surface area (Å²) >= 11 is 0. The molecule has 2 aromatic rings. The van der Waals surface area contributed by atoms with Gasteiger partial charge in [-0.2, -0.15) is 0 Å². The van der Waals surface area contributed by atoms with Gasteiger partial charge in [-0.1, -0.05) is 25.3 Å². The Morgan fingerprint density at radius 3 is 2.08 bits per heavy atom. The van der Waals surface area contributed by atoms with E-state index < -0.39 is 0 Å². The fourth-order valence-corrected chi connectivity index (χ4v) is 2.52. The Hall–Kier alpha value is -3.14. The number of ketones is 2. The van der Waals surface area contributed by atoms with Gasteiger partial charge in [0.25, 0.3) is 0 Å². The maximum atomic E-state index is 12.5. The lowest BCUT2D eigenvalue weighted by atomic mass is 9.93. The highest BCUT2D eigenvalue weighted by atomic mass is 16.5. The van der Waals surface area contributed by atoms with Crippen molar-refractivity contribution < 1.29 is 14.3 Å². The number of Topliss-reactive ketones (excluding diaryl/α,β-unsaturated/α-hetero) is 2. The Bertz CT molecular complexity index is 835. The number of benzene rings is 2. The molecule has 0 aliphatic carbocycles. The number of fused-ring (bicyclic) bond motifs is 2. The molecule has 1 aliphatic heterocycles. The van der Waals surface area contributed by atoms with Gasteiger partial charge in [-0.25, -0.2) is 0 Å². The smallest absolute Gasteiger partial charge is 0.189 e. The number of anilines is 2. The number of carbonyl (C=O) groups excluding carboxylic acids is 2. The summed E-state index contributed by atoms with van der Waals surface area (Å²) in [5.74, 6) is 0.599. The summed E-state index contributed by atoms with van der Waals surface area (Å²) in [5, 5.41) is 3.23. The molecule has 0 saturated carbocycles. The van der Waals surface area contributed by atoms with Gasteiger partial charge in [0.05, 0.1) is 11.4 Å². The number of ether oxygens (including phenoxy) is 1. The number of rotatable bonds is 4. The van der Waals surface area contributed by atoms with Gasteiger partial charge in [-0.3, -0.25) is 9.59 Å².